The van der Waals surface area contributed by atoms with Gasteiger partial charge in [0.15, 0.2) is 11.7 Å². The molecule has 134 valence electrons. The first-order valence-corrected chi connectivity index (χ1v) is 8.71. The fraction of sp³-hybridized carbons (Fsp3) is 0.158. The Balaban J connectivity index is 1.51. The summed E-state index contributed by atoms with van der Waals surface area (Å²) >= 11 is 3.21. The van der Waals surface area contributed by atoms with Crippen molar-refractivity contribution in [2.24, 2.45) is 0 Å². The van der Waals surface area contributed by atoms with E-state index in [1.54, 1.807) is 24.4 Å². The molecule has 3 rings (SSSR count). The fourth-order valence-corrected chi connectivity index (χ4v) is 2.91. The molecule has 3 aromatic rings. The van der Waals surface area contributed by atoms with Gasteiger partial charge < -0.3 is 9.73 Å². The molecular weight excluding hydrogens is 406 g/mol. The van der Waals surface area contributed by atoms with Crippen molar-refractivity contribution in [3.63, 3.8) is 0 Å². The molecule has 26 heavy (non-hydrogen) atoms. The normalized spacial score (nSPS) is 10.7. The minimum absolute atomic E-state index is 0.188. The van der Waals surface area contributed by atoms with E-state index >= 15 is 0 Å². The molecule has 1 heterocycles. The van der Waals surface area contributed by atoms with Gasteiger partial charge in [0.2, 0.25) is 5.91 Å². The van der Waals surface area contributed by atoms with Crippen LogP contribution in [-0.2, 0) is 17.8 Å². The Morgan fingerprint density at radius 1 is 1.12 bits per heavy atom. The van der Waals surface area contributed by atoms with Crippen LogP contribution in [0.5, 0.6) is 0 Å². The average Bonchev–Trinajstić information content (AvgIpc) is 3.07. The summed E-state index contributed by atoms with van der Waals surface area (Å²) in [6.07, 6.45) is 2.07. The molecular formula is C19H15BrF2N2O2. The highest BCUT2D eigenvalue weighted by Gasteiger charge is 2.09. The zero-order valence-corrected chi connectivity index (χ0v) is 15.2. The van der Waals surface area contributed by atoms with Gasteiger partial charge in [0.05, 0.1) is 6.20 Å². The van der Waals surface area contributed by atoms with Crippen molar-refractivity contribution in [3.05, 3.63) is 76.2 Å². The van der Waals surface area contributed by atoms with Crippen molar-refractivity contribution in [2.75, 3.05) is 0 Å². The monoisotopic (exact) mass is 420 g/mol. The Bertz CT molecular complexity index is 890. The minimum atomic E-state index is -0.364. The van der Waals surface area contributed by atoms with Gasteiger partial charge in [0.1, 0.15) is 11.6 Å². The number of hydrogen-bond donors (Lipinski definition) is 1. The van der Waals surface area contributed by atoms with E-state index < -0.39 is 0 Å². The lowest BCUT2D eigenvalue weighted by atomic mass is 10.2. The summed E-state index contributed by atoms with van der Waals surface area (Å²) in [5, 5.41) is 2.73. The first kappa shape index (κ1) is 18.3. The lowest BCUT2D eigenvalue weighted by Gasteiger charge is -2.05. The van der Waals surface area contributed by atoms with Gasteiger partial charge in [0.25, 0.3) is 0 Å². The number of benzene rings is 2. The number of hydrogen-bond acceptors (Lipinski definition) is 3. The van der Waals surface area contributed by atoms with Crippen LogP contribution in [-0.4, -0.2) is 10.9 Å². The molecule has 0 fully saturated rings. The number of nitrogens with one attached hydrogen (secondary N) is 1. The van der Waals surface area contributed by atoms with E-state index in [2.05, 4.69) is 26.2 Å². The van der Waals surface area contributed by atoms with E-state index in [9.17, 15) is 13.6 Å². The summed E-state index contributed by atoms with van der Waals surface area (Å²) < 4.78 is 32.4. The molecule has 2 aromatic carbocycles. The molecule has 0 aliphatic carbocycles. The average molecular weight is 421 g/mol. The van der Waals surface area contributed by atoms with E-state index in [0.29, 0.717) is 33.7 Å². The highest BCUT2D eigenvalue weighted by molar-refractivity contribution is 9.10. The molecule has 0 saturated heterocycles. The maximum absolute atomic E-state index is 13.3. The summed E-state index contributed by atoms with van der Waals surface area (Å²) in [5.74, 6) is 0.0668. The van der Waals surface area contributed by atoms with E-state index in [1.807, 2.05) is 0 Å². The molecule has 4 nitrogen and oxygen atoms in total. The number of aromatic nitrogens is 1. The van der Waals surface area contributed by atoms with E-state index in [1.165, 1.54) is 24.3 Å². The minimum Gasteiger partial charge on any atom is -0.441 e. The first-order valence-electron chi connectivity index (χ1n) is 7.92. The quantitative estimate of drug-likeness (QED) is 0.632. The molecule has 0 unspecified atom stereocenters. The summed E-state index contributed by atoms with van der Waals surface area (Å²) in [6, 6.07) is 10.4. The molecule has 1 N–H and O–H groups in total. The number of oxazole rings is 1. The summed E-state index contributed by atoms with van der Waals surface area (Å²) in [5.41, 5.74) is 1.38. The van der Waals surface area contributed by atoms with Crippen LogP contribution in [0.1, 0.15) is 17.9 Å². The smallest absolute Gasteiger partial charge is 0.220 e. The van der Waals surface area contributed by atoms with Gasteiger partial charge in [-0.15, -0.1) is 0 Å². The zero-order chi connectivity index (χ0) is 18.5. The third-order valence-corrected chi connectivity index (χ3v) is 4.12. The number of carbonyl (C=O) groups is 1. The number of aryl methyl sites for hydroxylation is 1. The number of halogens is 3. The number of amides is 1. The molecule has 0 aliphatic rings. The molecule has 0 bridgehead atoms. The van der Waals surface area contributed by atoms with Crippen LogP contribution in [0.4, 0.5) is 8.78 Å². The van der Waals surface area contributed by atoms with Crippen molar-refractivity contribution >= 4 is 21.8 Å². The van der Waals surface area contributed by atoms with Gasteiger partial charge in [-0.3, -0.25) is 4.79 Å². The van der Waals surface area contributed by atoms with Crippen LogP contribution in [0.2, 0.25) is 0 Å². The zero-order valence-electron chi connectivity index (χ0n) is 13.6. The lowest BCUT2D eigenvalue weighted by molar-refractivity contribution is -0.121. The molecule has 0 aliphatic heterocycles. The topological polar surface area (TPSA) is 55.1 Å². The Morgan fingerprint density at radius 3 is 2.62 bits per heavy atom. The van der Waals surface area contributed by atoms with E-state index in [-0.39, 0.29) is 30.5 Å². The van der Waals surface area contributed by atoms with Gasteiger partial charge in [0, 0.05) is 29.4 Å². The van der Waals surface area contributed by atoms with Gasteiger partial charge in [-0.2, -0.15) is 0 Å². The molecule has 7 heteroatoms. The molecule has 0 radical (unpaired) electrons. The highest BCUT2D eigenvalue weighted by Crippen LogP contribution is 2.21. The first-order chi connectivity index (χ1) is 12.5. The second kappa shape index (κ2) is 8.23. The van der Waals surface area contributed by atoms with Crippen molar-refractivity contribution in [3.8, 4) is 11.3 Å². The Morgan fingerprint density at radius 2 is 1.88 bits per heavy atom. The van der Waals surface area contributed by atoms with Gasteiger partial charge >= 0.3 is 0 Å². The lowest BCUT2D eigenvalue weighted by Crippen LogP contribution is -2.23. The van der Waals surface area contributed by atoms with Crippen molar-refractivity contribution < 1.29 is 18.0 Å². The van der Waals surface area contributed by atoms with Crippen molar-refractivity contribution in [1.29, 1.82) is 0 Å². The molecule has 0 saturated carbocycles. The fourth-order valence-electron chi connectivity index (χ4n) is 2.40. The van der Waals surface area contributed by atoms with Crippen LogP contribution in [0, 0.1) is 11.6 Å². The summed E-state index contributed by atoms with van der Waals surface area (Å²) in [4.78, 5) is 16.1. The standard InChI is InChI=1S/C19H15BrF2N2O2/c20-14-7-12(8-16(22)9-14)10-23-18(25)5-6-19-24-11-17(26-19)13-1-3-15(21)4-2-13/h1-4,7-9,11H,5-6,10H2,(H,23,25). The number of carbonyl (C=O) groups excluding carboxylic acids is 1. The Kier molecular flexibility index (Phi) is 5.78. The van der Waals surface area contributed by atoms with E-state index in [4.69, 9.17) is 4.42 Å². The third-order valence-electron chi connectivity index (χ3n) is 3.66. The third kappa shape index (κ3) is 4.98. The maximum Gasteiger partial charge on any atom is 0.220 e. The number of nitrogens with zero attached hydrogens (tertiary/aromatic N) is 1. The number of rotatable bonds is 6. The van der Waals surface area contributed by atoms with E-state index in [0.717, 1.165) is 0 Å². The second-order valence-corrected chi connectivity index (χ2v) is 6.60. The largest absolute Gasteiger partial charge is 0.441 e. The van der Waals surface area contributed by atoms with Gasteiger partial charge in [-0.25, -0.2) is 13.8 Å². The molecule has 1 aromatic heterocycles. The predicted molar refractivity (Wildman–Crippen MR) is 96.2 cm³/mol. The summed E-state index contributed by atoms with van der Waals surface area (Å²) in [6.45, 7) is 0.238. The van der Waals surface area contributed by atoms with Gasteiger partial charge in [-0.05, 0) is 48.0 Å². The molecule has 0 spiro atoms. The predicted octanol–water partition coefficient (Wildman–Crippen LogP) is 4.63. The van der Waals surface area contributed by atoms with Crippen molar-refractivity contribution in [2.45, 2.75) is 19.4 Å². The highest BCUT2D eigenvalue weighted by atomic mass is 79.9. The van der Waals surface area contributed by atoms with Gasteiger partial charge in [-0.1, -0.05) is 15.9 Å². The van der Waals surface area contributed by atoms with Crippen molar-refractivity contribution in [1.82, 2.24) is 10.3 Å². The van der Waals surface area contributed by atoms with Crippen LogP contribution in [0.25, 0.3) is 11.3 Å². The second-order valence-electron chi connectivity index (χ2n) is 5.68. The SMILES string of the molecule is O=C(CCc1ncc(-c2ccc(F)cc2)o1)NCc1cc(F)cc(Br)c1. The van der Waals surface area contributed by atoms with Crippen LogP contribution < -0.4 is 5.32 Å². The van der Waals surface area contributed by atoms with Crippen LogP contribution in [0.15, 0.2) is 57.6 Å². The molecule has 1 amide bonds. The Labute approximate surface area is 157 Å². The Hall–Kier alpha value is -2.54. The maximum atomic E-state index is 13.3. The van der Waals surface area contributed by atoms with Crippen LogP contribution in [0.3, 0.4) is 0 Å². The van der Waals surface area contributed by atoms with Crippen LogP contribution >= 0.6 is 15.9 Å². The summed E-state index contributed by atoms with van der Waals surface area (Å²) in [7, 11) is 0. The molecule has 0 atom stereocenters.